The summed E-state index contributed by atoms with van der Waals surface area (Å²) in [6.07, 6.45) is 3.97. The molecule has 25 heavy (non-hydrogen) atoms. The van der Waals surface area contributed by atoms with Gasteiger partial charge in [-0.25, -0.2) is 0 Å². The highest BCUT2D eigenvalue weighted by molar-refractivity contribution is 7.17. The number of carbonyl (C=O) groups excluding carboxylic acids is 2. The molecule has 0 saturated carbocycles. The molecule has 4 N–H and O–H groups in total. The van der Waals surface area contributed by atoms with Crippen molar-refractivity contribution in [2.45, 2.75) is 32.2 Å². The highest BCUT2D eigenvalue weighted by atomic mass is 35.5. The molecule has 1 heterocycles. The maximum Gasteiger partial charge on any atom is 0.251 e. The molecule has 0 radical (unpaired) electrons. The quantitative estimate of drug-likeness (QED) is 0.723. The predicted octanol–water partition coefficient (Wildman–Crippen LogP) is 3.11. The average molecular weight is 378 g/mol. The Bertz CT molecular complexity index is 786. The fourth-order valence-corrected chi connectivity index (χ4v) is 4.44. The molecule has 0 atom stereocenters. The van der Waals surface area contributed by atoms with Gasteiger partial charge in [0.25, 0.3) is 5.91 Å². The van der Waals surface area contributed by atoms with Crippen LogP contribution in [0.1, 0.15) is 39.2 Å². The number of primary amides is 1. The van der Waals surface area contributed by atoms with Gasteiger partial charge in [0.15, 0.2) is 0 Å². The third-order valence-electron chi connectivity index (χ3n) is 4.20. The molecule has 2 amide bonds. The highest BCUT2D eigenvalue weighted by Gasteiger charge is 2.24. The van der Waals surface area contributed by atoms with Crippen molar-refractivity contribution in [1.82, 2.24) is 5.32 Å². The van der Waals surface area contributed by atoms with Gasteiger partial charge in [0, 0.05) is 16.4 Å². The van der Waals surface area contributed by atoms with Crippen molar-refractivity contribution in [2.24, 2.45) is 5.73 Å². The number of anilines is 1. The molecule has 0 bridgehead atoms. The molecule has 1 aliphatic rings. The van der Waals surface area contributed by atoms with Crippen molar-refractivity contribution in [3.8, 4) is 0 Å². The summed E-state index contributed by atoms with van der Waals surface area (Å²) in [7, 11) is 0. The van der Waals surface area contributed by atoms with Crippen LogP contribution in [0, 0.1) is 0 Å². The smallest absolute Gasteiger partial charge is 0.251 e. The van der Waals surface area contributed by atoms with Crippen molar-refractivity contribution in [1.29, 1.82) is 0 Å². The number of rotatable bonds is 6. The zero-order valence-corrected chi connectivity index (χ0v) is 15.3. The van der Waals surface area contributed by atoms with Crippen LogP contribution in [0.15, 0.2) is 24.3 Å². The predicted molar refractivity (Wildman–Crippen MR) is 101 cm³/mol. The van der Waals surface area contributed by atoms with Gasteiger partial charge in [-0.1, -0.05) is 23.7 Å². The minimum Gasteiger partial charge on any atom is -0.365 e. The van der Waals surface area contributed by atoms with Crippen LogP contribution < -0.4 is 16.4 Å². The molecule has 5 nitrogen and oxygen atoms in total. The van der Waals surface area contributed by atoms with Crippen LogP contribution in [0.5, 0.6) is 0 Å². The van der Waals surface area contributed by atoms with E-state index in [4.69, 9.17) is 17.3 Å². The molecule has 0 saturated heterocycles. The van der Waals surface area contributed by atoms with Gasteiger partial charge in [0.05, 0.1) is 12.1 Å². The van der Waals surface area contributed by atoms with Crippen molar-refractivity contribution < 1.29 is 9.59 Å². The zero-order chi connectivity index (χ0) is 17.8. The minimum atomic E-state index is -0.469. The third-order valence-corrected chi connectivity index (χ3v) is 5.66. The molecule has 0 unspecified atom stereocenters. The van der Waals surface area contributed by atoms with Gasteiger partial charge in [-0.2, -0.15) is 0 Å². The second-order valence-electron chi connectivity index (χ2n) is 6.06. The number of fused-ring (bicyclic) bond motifs is 1. The number of hydrogen-bond acceptors (Lipinski definition) is 4. The first-order valence-corrected chi connectivity index (χ1v) is 9.43. The number of nitrogens with two attached hydrogens (primary N) is 1. The lowest BCUT2D eigenvalue weighted by Crippen LogP contribution is -2.28. The number of benzene rings is 1. The summed E-state index contributed by atoms with van der Waals surface area (Å²) in [4.78, 5) is 25.2. The van der Waals surface area contributed by atoms with Crippen LogP contribution in [-0.2, 0) is 24.2 Å². The summed E-state index contributed by atoms with van der Waals surface area (Å²) in [5, 5.41) is 7.19. The van der Waals surface area contributed by atoms with Gasteiger partial charge >= 0.3 is 0 Å². The van der Waals surface area contributed by atoms with Crippen LogP contribution in [0.3, 0.4) is 0 Å². The fraction of sp³-hybridized carbons (Fsp3) is 0.333. The van der Waals surface area contributed by atoms with Crippen LogP contribution in [0.25, 0.3) is 0 Å². The standard InChI is InChI=1S/C18H20ClN3O2S/c19-12-7-5-11(6-8-12)9-21-10-15(23)22-18-16(17(20)24)13-3-1-2-4-14(13)25-18/h5-8,21H,1-4,9-10H2,(H2,20,24)(H,22,23). The van der Waals surface area contributed by atoms with E-state index in [1.54, 1.807) is 0 Å². The number of nitrogens with one attached hydrogen (secondary N) is 2. The molecule has 3 rings (SSSR count). The van der Waals surface area contributed by atoms with E-state index in [0.29, 0.717) is 22.1 Å². The third kappa shape index (κ3) is 4.39. The summed E-state index contributed by atoms with van der Waals surface area (Å²) in [5.74, 6) is -0.654. The van der Waals surface area contributed by atoms with Gasteiger partial charge in [-0.3, -0.25) is 9.59 Å². The lowest BCUT2D eigenvalue weighted by Gasteiger charge is -2.11. The number of amides is 2. The molecule has 7 heteroatoms. The van der Waals surface area contributed by atoms with Crippen molar-refractivity contribution in [3.63, 3.8) is 0 Å². The van der Waals surface area contributed by atoms with E-state index in [2.05, 4.69) is 10.6 Å². The van der Waals surface area contributed by atoms with E-state index in [9.17, 15) is 9.59 Å². The van der Waals surface area contributed by atoms with Crippen molar-refractivity contribution in [2.75, 3.05) is 11.9 Å². The summed E-state index contributed by atoms with van der Waals surface area (Å²) in [5.41, 5.74) is 8.09. The Morgan fingerprint density at radius 1 is 1.16 bits per heavy atom. The second-order valence-corrected chi connectivity index (χ2v) is 7.60. The van der Waals surface area contributed by atoms with Crippen LogP contribution in [0.4, 0.5) is 5.00 Å². The zero-order valence-electron chi connectivity index (χ0n) is 13.7. The molecule has 132 valence electrons. The molecule has 0 fully saturated rings. The van der Waals surface area contributed by atoms with Gasteiger partial charge in [-0.05, 0) is 48.9 Å². The number of thiophene rings is 1. The molecular formula is C18H20ClN3O2S. The molecule has 2 aromatic rings. The molecular weight excluding hydrogens is 358 g/mol. The van der Waals surface area contributed by atoms with Crippen LogP contribution in [0.2, 0.25) is 5.02 Å². The molecule has 1 aromatic carbocycles. The Balaban J connectivity index is 1.60. The Hall–Kier alpha value is -1.89. The van der Waals surface area contributed by atoms with Crippen LogP contribution >= 0.6 is 22.9 Å². The lowest BCUT2D eigenvalue weighted by atomic mass is 9.95. The largest absolute Gasteiger partial charge is 0.365 e. The van der Waals surface area contributed by atoms with E-state index in [-0.39, 0.29) is 12.5 Å². The summed E-state index contributed by atoms with van der Waals surface area (Å²) < 4.78 is 0. The summed E-state index contributed by atoms with van der Waals surface area (Å²) >= 11 is 7.32. The molecule has 0 aliphatic heterocycles. The van der Waals surface area contributed by atoms with Gasteiger partial charge in [0.2, 0.25) is 5.91 Å². The minimum absolute atomic E-state index is 0.156. The van der Waals surface area contributed by atoms with E-state index in [0.717, 1.165) is 36.8 Å². The van der Waals surface area contributed by atoms with E-state index in [1.165, 1.54) is 16.2 Å². The fourth-order valence-electron chi connectivity index (χ4n) is 3.01. The Morgan fingerprint density at radius 2 is 1.88 bits per heavy atom. The summed E-state index contributed by atoms with van der Waals surface area (Å²) in [6.45, 7) is 0.720. The summed E-state index contributed by atoms with van der Waals surface area (Å²) in [6, 6.07) is 7.44. The second kappa shape index (κ2) is 7.99. The monoisotopic (exact) mass is 377 g/mol. The van der Waals surface area contributed by atoms with Gasteiger partial charge < -0.3 is 16.4 Å². The number of aryl methyl sites for hydroxylation is 1. The first-order valence-electron chi connectivity index (χ1n) is 8.24. The Labute approximate surface area is 155 Å². The highest BCUT2D eigenvalue weighted by Crippen LogP contribution is 2.37. The number of halogens is 1. The molecule has 0 spiro atoms. The lowest BCUT2D eigenvalue weighted by molar-refractivity contribution is -0.115. The van der Waals surface area contributed by atoms with E-state index in [1.807, 2.05) is 24.3 Å². The van der Waals surface area contributed by atoms with Crippen molar-refractivity contribution in [3.05, 3.63) is 50.9 Å². The Morgan fingerprint density at radius 3 is 2.60 bits per heavy atom. The topological polar surface area (TPSA) is 84.2 Å². The molecule has 1 aromatic heterocycles. The van der Waals surface area contributed by atoms with Gasteiger partial charge in [0.1, 0.15) is 5.00 Å². The SMILES string of the molecule is NC(=O)c1c(NC(=O)CNCc2ccc(Cl)cc2)sc2c1CCCC2. The normalized spacial score (nSPS) is 13.3. The van der Waals surface area contributed by atoms with Gasteiger partial charge in [-0.15, -0.1) is 11.3 Å². The average Bonchev–Trinajstić information content (AvgIpc) is 2.94. The number of carbonyl (C=O) groups is 2. The van der Waals surface area contributed by atoms with Crippen LogP contribution in [-0.4, -0.2) is 18.4 Å². The maximum absolute atomic E-state index is 12.2. The van der Waals surface area contributed by atoms with E-state index < -0.39 is 5.91 Å². The first kappa shape index (κ1) is 17.9. The maximum atomic E-state index is 12.2. The molecule has 1 aliphatic carbocycles. The Kier molecular flexibility index (Phi) is 5.73. The van der Waals surface area contributed by atoms with E-state index >= 15 is 0 Å². The number of hydrogen-bond donors (Lipinski definition) is 3. The van der Waals surface area contributed by atoms with Crippen molar-refractivity contribution >= 4 is 39.8 Å². The first-order chi connectivity index (χ1) is 12.0.